The zero-order chi connectivity index (χ0) is 16.8. The lowest BCUT2D eigenvalue weighted by atomic mass is 9.77. The van der Waals surface area contributed by atoms with Crippen LogP contribution in [0.5, 0.6) is 0 Å². The fourth-order valence-corrected chi connectivity index (χ4v) is 2.10. The molecule has 1 aliphatic heterocycles. The average molecular weight is 315 g/mol. The molecular formula is C14H17BF3NO3. The molecule has 1 aliphatic rings. The smallest absolute Gasteiger partial charge is 0.411 e. The van der Waals surface area contributed by atoms with Crippen molar-refractivity contribution >= 4 is 18.8 Å². The number of alkyl halides is 3. The highest BCUT2D eigenvalue weighted by atomic mass is 19.4. The Bertz CT molecular complexity index is 583. The third kappa shape index (κ3) is 3.12. The van der Waals surface area contributed by atoms with Gasteiger partial charge in [0.15, 0.2) is 0 Å². The number of rotatable bonds is 2. The molecule has 1 saturated heterocycles. The fourth-order valence-electron chi connectivity index (χ4n) is 2.10. The third-order valence-corrected chi connectivity index (χ3v) is 4.04. The topological polar surface area (TPSA) is 51.0 Å². The molecule has 0 unspecified atom stereocenters. The van der Waals surface area contributed by atoms with Gasteiger partial charge < -0.3 is 14.5 Å². The largest absolute Gasteiger partial charge is 0.494 e. The minimum absolute atomic E-state index is 0.113. The first-order chi connectivity index (χ1) is 9.96. The lowest BCUT2D eigenvalue weighted by Crippen LogP contribution is -2.41. The molecule has 0 saturated carbocycles. The van der Waals surface area contributed by atoms with E-state index in [1.165, 1.54) is 6.07 Å². The third-order valence-electron chi connectivity index (χ3n) is 4.04. The summed E-state index contributed by atoms with van der Waals surface area (Å²) >= 11 is 0. The summed E-state index contributed by atoms with van der Waals surface area (Å²) in [7, 11) is -0.918. The van der Waals surface area contributed by atoms with Crippen molar-refractivity contribution in [1.29, 1.82) is 0 Å². The molecule has 4 nitrogen and oxygen atoms in total. The van der Waals surface area contributed by atoms with E-state index in [1.807, 2.05) is 27.7 Å². The van der Waals surface area contributed by atoms with Gasteiger partial charge in [-0.2, -0.15) is 13.2 Å². The molecule has 0 amide bonds. The predicted octanol–water partition coefficient (Wildman–Crippen LogP) is 2.81. The minimum atomic E-state index is -4.52. The molecule has 0 aromatic heterocycles. The molecule has 0 aliphatic carbocycles. The Morgan fingerprint density at radius 3 is 2.09 bits per heavy atom. The molecule has 2 rings (SSSR count). The van der Waals surface area contributed by atoms with Gasteiger partial charge in [0.2, 0.25) is 0 Å². The second-order valence-electron chi connectivity index (χ2n) is 6.22. The van der Waals surface area contributed by atoms with Crippen molar-refractivity contribution in [1.82, 2.24) is 0 Å². The summed E-state index contributed by atoms with van der Waals surface area (Å²) in [6.07, 6.45) is -3.58. The Labute approximate surface area is 127 Å². The SMILES string of the molecule is CC1(C)OB(c2cc(/C=N/O)cc(C(F)(F)F)c2)OC1(C)C. The summed E-state index contributed by atoms with van der Waals surface area (Å²) in [5.41, 5.74) is -1.83. The number of nitrogens with zero attached hydrogens (tertiary/aromatic N) is 1. The molecule has 1 N–H and O–H groups in total. The Kier molecular flexibility index (Phi) is 4.04. The quantitative estimate of drug-likeness (QED) is 0.395. The van der Waals surface area contributed by atoms with E-state index in [1.54, 1.807) is 0 Å². The summed E-state index contributed by atoms with van der Waals surface area (Å²) < 4.78 is 50.5. The van der Waals surface area contributed by atoms with Crippen molar-refractivity contribution in [3.63, 3.8) is 0 Å². The Balaban J connectivity index is 2.46. The van der Waals surface area contributed by atoms with E-state index in [2.05, 4.69) is 5.16 Å². The van der Waals surface area contributed by atoms with Gasteiger partial charge in [-0.25, -0.2) is 0 Å². The van der Waals surface area contributed by atoms with Crippen LogP contribution in [0, 0.1) is 0 Å². The highest BCUT2D eigenvalue weighted by molar-refractivity contribution is 6.62. The van der Waals surface area contributed by atoms with Crippen LogP contribution in [0.4, 0.5) is 13.2 Å². The van der Waals surface area contributed by atoms with Crippen molar-refractivity contribution in [2.24, 2.45) is 5.16 Å². The van der Waals surface area contributed by atoms with E-state index in [0.29, 0.717) is 0 Å². The van der Waals surface area contributed by atoms with Gasteiger partial charge in [-0.3, -0.25) is 0 Å². The minimum Gasteiger partial charge on any atom is -0.411 e. The fraction of sp³-hybridized carbons (Fsp3) is 0.500. The van der Waals surface area contributed by atoms with Crippen LogP contribution in [0.2, 0.25) is 0 Å². The van der Waals surface area contributed by atoms with E-state index >= 15 is 0 Å². The molecule has 8 heteroatoms. The van der Waals surface area contributed by atoms with Gasteiger partial charge in [0, 0.05) is 0 Å². The second-order valence-corrected chi connectivity index (χ2v) is 6.22. The molecule has 1 heterocycles. The van der Waals surface area contributed by atoms with Crippen molar-refractivity contribution in [2.75, 3.05) is 0 Å². The van der Waals surface area contributed by atoms with Crippen LogP contribution in [0.25, 0.3) is 0 Å². The molecule has 0 radical (unpaired) electrons. The highest BCUT2D eigenvalue weighted by Gasteiger charge is 2.52. The van der Waals surface area contributed by atoms with Gasteiger partial charge in [0.05, 0.1) is 23.0 Å². The maximum absolute atomic E-state index is 13.0. The predicted molar refractivity (Wildman–Crippen MR) is 76.5 cm³/mol. The molecular weight excluding hydrogens is 298 g/mol. The lowest BCUT2D eigenvalue weighted by Gasteiger charge is -2.32. The highest BCUT2D eigenvalue weighted by Crippen LogP contribution is 2.37. The van der Waals surface area contributed by atoms with Gasteiger partial charge in [-0.05, 0) is 44.8 Å². The Hall–Kier alpha value is -1.54. The van der Waals surface area contributed by atoms with Gasteiger partial charge in [0.1, 0.15) is 0 Å². The number of oxime groups is 1. The maximum atomic E-state index is 13.0. The Morgan fingerprint density at radius 2 is 1.64 bits per heavy atom. The van der Waals surface area contributed by atoms with Crippen molar-refractivity contribution in [2.45, 2.75) is 45.1 Å². The summed E-state index contributed by atoms with van der Waals surface area (Å²) in [5.74, 6) is 0. The van der Waals surface area contributed by atoms with Crippen LogP contribution in [0.1, 0.15) is 38.8 Å². The summed E-state index contributed by atoms with van der Waals surface area (Å²) in [5, 5.41) is 11.3. The monoisotopic (exact) mass is 315 g/mol. The average Bonchev–Trinajstić information content (AvgIpc) is 2.57. The molecule has 1 aromatic rings. The molecule has 1 fully saturated rings. The van der Waals surface area contributed by atoms with E-state index in [0.717, 1.165) is 18.3 Å². The van der Waals surface area contributed by atoms with E-state index < -0.39 is 30.1 Å². The summed E-state index contributed by atoms with van der Waals surface area (Å²) in [6.45, 7) is 7.26. The summed E-state index contributed by atoms with van der Waals surface area (Å²) in [4.78, 5) is 0. The van der Waals surface area contributed by atoms with Crippen LogP contribution >= 0.6 is 0 Å². The number of benzene rings is 1. The van der Waals surface area contributed by atoms with E-state index in [4.69, 9.17) is 14.5 Å². The number of hydrogen-bond acceptors (Lipinski definition) is 4. The van der Waals surface area contributed by atoms with Gasteiger partial charge in [-0.15, -0.1) is 0 Å². The van der Waals surface area contributed by atoms with Crippen molar-refractivity contribution < 1.29 is 27.7 Å². The first-order valence-electron chi connectivity index (χ1n) is 6.71. The van der Waals surface area contributed by atoms with Crippen LogP contribution in [-0.4, -0.2) is 29.7 Å². The standard InChI is InChI=1S/C14H17BF3NO3/c1-12(2)13(3,4)22-15(21-12)11-6-9(8-19-20)5-10(7-11)14(16,17)18/h5-8,20H,1-4H3/b19-8+. The van der Waals surface area contributed by atoms with Gasteiger partial charge in [-0.1, -0.05) is 17.3 Å². The second kappa shape index (κ2) is 5.28. The maximum Gasteiger partial charge on any atom is 0.494 e. The molecule has 0 atom stereocenters. The van der Waals surface area contributed by atoms with Crippen LogP contribution in [-0.2, 0) is 15.5 Å². The van der Waals surface area contributed by atoms with Crippen molar-refractivity contribution in [3.8, 4) is 0 Å². The zero-order valence-electron chi connectivity index (χ0n) is 12.7. The van der Waals surface area contributed by atoms with Gasteiger partial charge >= 0.3 is 13.3 Å². The van der Waals surface area contributed by atoms with Gasteiger partial charge in [0.25, 0.3) is 0 Å². The molecule has 0 bridgehead atoms. The van der Waals surface area contributed by atoms with E-state index in [-0.39, 0.29) is 11.0 Å². The zero-order valence-corrected chi connectivity index (χ0v) is 12.7. The first kappa shape index (κ1) is 16.8. The normalized spacial score (nSPS) is 20.8. The van der Waals surface area contributed by atoms with Crippen LogP contribution in [0.3, 0.4) is 0 Å². The summed E-state index contributed by atoms with van der Waals surface area (Å²) in [6, 6.07) is 3.32. The molecule has 22 heavy (non-hydrogen) atoms. The molecule has 0 spiro atoms. The van der Waals surface area contributed by atoms with Crippen LogP contribution in [0.15, 0.2) is 23.4 Å². The molecule has 120 valence electrons. The first-order valence-corrected chi connectivity index (χ1v) is 6.71. The molecule has 1 aromatic carbocycles. The lowest BCUT2D eigenvalue weighted by molar-refractivity contribution is -0.137. The number of hydrogen-bond donors (Lipinski definition) is 1. The number of halogens is 3. The Morgan fingerprint density at radius 1 is 1.09 bits per heavy atom. The van der Waals surface area contributed by atoms with Crippen molar-refractivity contribution in [3.05, 3.63) is 29.3 Å². The van der Waals surface area contributed by atoms with E-state index in [9.17, 15) is 13.2 Å². The van der Waals surface area contributed by atoms with Crippen LogP contribution < -0.4 is 5.46 Å².